The van der Waals surface area contributed by atoms with E-state index in [1.54, 1.807) is 18.2 Å². The summed E-state index contributed by atoms with van der Waals surface area (Å²) in [5.41, 5.74) is 0.502. The van der Waals surface area contributed by atoms with Crippen molar-refractivity contribution >= 4 is 69.9 Å². The van der Waals surface area contributed by atoms with Crippen molar-refractivity contribution in [1.29, 1.82) is 0 Å². The molecule has 1 nitrogen and oxygen atoms in total. The molecular formula is C8H4Cl5N. The largest absolute Gasteiger partial charge is 0.255 e. The lowest BCUT2D eigenvalue weighted by Crippen LogP contribution is -2.02. The van der Waals surface area contributed by atoms with E-state index in [9.17, 15) is 0 Å². The minimum absolute atomic E-state index is 0.406. The third kappa shape index (κ3) is 4.24. The van der Waals surface area contributed by atoms with E-state index in [4.69, 9.17) is 58.0 Å². The molecule has 1 aromatic rings. The van der Waals surface area contributed by atoms with Crippen LogP contribution in [0.25, 0.3) is 0 Å². The molecule has 0 atom stereocenters. The highest BCUT2D eigenvalue weighted by Gasteiger charge is 2.15. The quantitative estimate of drug-likeness (QED) is 0.506. The van der Waals surface area contributed by atoms with Crippen molar-refractivity contribution in [2.45, 2.75) is 3.79 Å². The monoisotopic (exact) mass is 289 g/mol. The molecule has 1 rings (SSSR count). The molecular weight excluding hydrogens is 287 g/mol. The van der Waals surface area contributed by atoms with Gasteiger partial charge in [-0.1, -0.05) is 58.0 Å². The van der Waals surface area contributed by atoms with E-state index >= 15 is 0 Å². The van der Waals surface area contributed by atoms with Gasteiger partial charge in [0, 0.05) is 5.02 Å². The standard InChI is InChI=1S/C8H4Cl5N/c9-5-1-2-7(6(10)3-5)14-4-8(11,12)13/h1-4H. The highest BCUT2D eigenvalue weighted by molar-refractivity contribution is 6.74. The van der Waals surface area contributed by atoms with Gasteiger partial charge in [0.25, 0.3) is 0 Å². The number of hydrogen-bond donors (Lipinski definition) is 0. The summed E-state index contributed by atoms with van der Waals surface area (Å²) in [4.78, 5) is 3.91. The van der Waals surface area contributed by atoms with E-state index in [2.05, 4.69) is 4.99 Å². The summed E-state index contributed by atoms with van der Waals surface area (Å²) in [6.07, 6.45) is 1.17. The molecule has 0 bridgehead atoms. The molecule has 0 spiro atoms. The first-order valence-corrected chi connectivity index (χ1v) is 5.34. The Morgan fingerprint density at radius 3 is 2.29 bits per heavy atom. The Bertz CT molecular complexity index is 355. The fourth-order valence-electron chi connectivity index (χ4n) is 0.729. The van der Waals surface area contributed by atoms with Crippen LogP contribution in [0.1, 0.15) is 0 Å². The second kappa shape index (κ2) is 4.91. The Morgan fingerprint density at radius 2 is 1.79 bits per heavy atom. The van der Waals surface area contributed by atoms with E-state index < -0.39 is 3.79 Å². The molecule has 14 heavy (non-hydrogen) atoms. The predicted octanol–water partition coefficient (Wildman–Crippen LogP) is 5.07. The summed E-state index contributed by atoms with van der Waals surface area (Å²) in [5.74, 6) is 0. The Labute approximate surface area is 107 Å². The van der Waals surface area contributed by atoms with Crippen molar-refractivity contribution in [2.24, 2.45) is 4.99 Å². The van der Waals surface area contributed by atoms with Gasteiger partial charge in [-0.15, -0.1) is 0 Å². The molecule has 0 heterocycles. The van der Waals surface area contributed by atoms with Crippen molar-refractivity contribution in [3.8, 4) is 0 Å². The predicted molar refractivity (Wildman–Crippen MR) is 64.9 cm³/mol. The zero-order valence-electron chi connectivity index (χ0n) is 6.65. The molecule has 0 N–H and O–H groups in total. The van der Waals surface area contributed by atoms with Crippen LogP contribution in [0.2, 0.25) is 10.0 Å². The van der Waals surface area contributed by atoms with Gasteiger partial charge in [-0.05, 0) is 18.2 Å². The first-order valence-electron chi connectivity index (χ1n) is 3.45. The third-order valence-electron chi connectivity index (χ3n) is 1.26. The number of aliphatic imine (C=N–C) groups is 1. The Kier molecular flexibility index (Phi) is 4.35. The molecule has 0 saturated heterocycles. The zero-order valence-corrected chi connectivity index (χ0v) is 10.4. The summed E-state index contributed by atoms with van der Waals surface area (Å²) < 4.78 is -1.52. The number of nitrogens with zero attached hydrogens (tertiary/aromatic N) is 1. The number of hydrogen-bond acceptors (Lipinski definition) is 1. The third-order valence-corrected chi connectivity index (χ3v) is 2.09. The normalized spacial score (nSPS) is 12.4. The molecule has 0 aliphatic heterocycles. The maximum atomic E-state index is 5.83. The lowest BCUT2D eigenvalue weighted by molar-refractivity contribution is 1.49. The van der Waals surface area contributed by atoms with Crippen LogP contribution < -0.4 is 0 Å². The van der Waals surface area contributed by atoms with Crippen LogP contribution in [-0.2, 0) is 0 Å². The molecule has 0 aromatic heterocycles. The van der Waals surface area contributed by atoms with Crippen molar-refractivity contribution < 1.29 is 0 Å². The maximum absolute atomic E-state index is 5.83. The molecule has 0 saturated carbocycles. The van der Waals surface area contributed by atoms with Crippen molar-refractivity contribution in [1.82, 2.24) is 0 Å². The SMILES string of the molecule is Clc1ccc(N=CC(Cl)(Cl)Cl)c(Cl)c1. The van der Waals surface area contributed by atoms with Gasteiger partial charge in [-0.25, -0.2) is 0 Å². The number of halogens is 5. The lowest BCUT2D eigenvalue weighted by atomic mass is 10.3. The fourth-order valence-corrected chi connectivity index (χ4v) is 1.33. The van der Waals surface area contributed by atoms with Gasteiger partial charge >= 0.3 is 0 Å². The van der Waals surface area contributed by atoms with Crippen LogP contribution >= 0.6 is 58.0 Å². The van der Waals surface area contributed by atoms with Gasteiger partial charge in [0.15, 0.2) is 0 Å². The van der Waals surface area contributed by atoms with Gasteiger partial charge in [0.1, 0.15) is 0 Å². The van der Waals surface area contributed by atoms with Crippen LogP contribution in [0, 0.1) is 0 Å². The summed E-state index contributed by atoms with van der Waals surface area (Å²) >= 11 is 28.0. The van der Waals surface area contributed by atoms with Crippen molar-refractivity contribution in [3.05, 3.63) is 28.2 Å². The van der Waals surface area contributed by atoms with Crippen LogP contribution in [0.4, 0.5) is 5.69 Å². The van der Waals surface area contributed by atoms with Crippen LogP contribution in [-0.4, -0.2) is 10.0 Å². The maximum Gasteiger partial charge on any atom is 0.225 e. The second-order valence-electron chi connectivity index (χ2n) is 2.40. The van der Waals surface area contributed by atoms with E-state index in [1.165, 1.54) is 6.21 Å². The molecule has 0 fully saturated rings. The minimum atomic E-state index is -1.52. The van der Waals surface area contributed by atoms with Crippen LogP contribution in [0.3, 0.4) is 0 Å². The van der Waals surface area contributed by atoms with Gasteiger partial charge in [0.05, 0.1) is 16.9 Å². The average Bonchev–Trinajstić information content (AvgIpc) is 2.00. The Morgan fingerprint density at radius 1 is 1.14 bits per heavy atom. The van der Waals surface area contributed by atoms with Crippen LogP contribution in [0.15, 0.2) is 23.2 Å². The highest BCUT2D eigenvalue weighted by atomic mass is 35.6. The van der Waals surface area contributed by atoms with E-state index in [-0.39, 0.29) is 0 Å². The first kappa shape index (κ1) is 12.4. The first-order chi connectivity index (χ1) is 6.38. The molecule has 0 aliphatic carbocycles. The van der Waals surface area contributed by atoms with Gasteiger partial charge in [-0.2, -0.15) is 0 Å². The molecule has 6 heteroatoms. The van der Waals surface area contributed by atoms with E-state index in [0.717, 1.165) is 0 Å². The smallest absolute Gasteiger partial charge is 0.225 e. The Balaban J connectivity index is 2.93. The highest BCUT2D eigenvalue weighted by Crippen LogP contribution is 2.30. The van der Waals surface area contributed by atoms with Gasteiger partial charge in [-0.3, -0.25) is 4.99 Å². The number of alkyl halides is 3. The molecule has 0 unspecified atom stereocenters. The fraction of sp³-hybridized carbons (Fsp3) is 0.125. The topological polar surface area (TPSA) is 12.4 Å². The van der Waals surface area contributed by atoms with E-state index in [0.29, 0.717) is 15.7 Å². The summed E-state index contributed by atoms with van der Waals surface area (Å²) in [6, 6.07) is 4.85. The number of benzene rings is 1. The second-order valence-corrected chi connectivity index (χ2v) is 5.61. The summed E-state index contributed by atoms with van der Waals surface area (Å²) in [6.45, 7) is 0. The summed E-state index contributed by atoms with van der Waals surface area (Å²) in [5, 5.41) is 0.936. The van der Waals surface area contributed by atoms with Crippen molar-refractivity contribution in [3.63, 3.8) is 0 Å². The van der Waals surface area contributed by atoms with Gasteiger partial charge in [0.2, 0.25) is 3.79 Å². The zero-order chi connectivity index (χ0) is 10.8. The van der Waals surface area contributed by atoms with Gasteiger partial charge < -0.3 is 0 Å². The number of rotatable bonds is 1. The van der Waals surface area contributed by atoms with Crippen LogP contribution in [0.5, 0.6) is 0 Å². The van der Waals surface area contributed by atoms with E-state index in [1.807, 2.05) is 0 Å². The molecule has 0 radical (unpaired) electrons. The van der Waals surface area contributed by atoms with Crippen molar-refractivity contribution in [2.75, 3.05) is 0 Å². The Hall–Kier alpha value is 0.340. The average molecular weight is 291 g/mol. The lowest BCUT2D eigenvalue weighted by Gasteiger charge is -2.02. The molecule has 0 aliphatic rings. The molecule has 0 amide bonds. The minimum Gasteiger partial charge on any atom is -0.255 e. The summed E-state index contributed by atoms with van der Waals surface area (Å²) in [7, 11) is 0. The molecule has 1 aromatic carbocycles. The molecule has 76 valence electrons.